The van der Waals surface area contributed by atoms with Gasteiger partial charge in [-0.15, -0.1) is 5.10 Å². The number of aromatic nitrogens is 4. The summed E-state index contributed by atoms with van der Waals surface area (Å²) >= 11 is 0. The number of carbonyl (C=O) groups is 1. The first-order valence-corrected chi connectivity index (χ1v) is 5.50. The van der Waals surface area contributed by atoms with Gasteiger partial charge in [-0.25, -0.2) is 4.68 Å². The molecular formula is C11H13N5O2. The summed E-state index contributed by atoms with van der Waals surface area (Å²) in [6.07, 6.45) is 0.587. The number of benzene rings is 1. The Bertz CT molecular complexity index is 535. The zero-order valence-electron chi connectivity index (χ0n) is 9.65. The van der Waals surface area contributed by atoms with Crippen LogP contribution in [0.2, 0.25) is 0 Å². The number of carboxylic acids is 1. The third-order valence-corrected chi connectivity index (χ3v) is 2.46. The number of rotatable bonds is 5. The summed E-state index contributed by atoms with van der Waals surface area (Å²) in [5.41, 5.74) is 7.13. The van der Waals surface area contributed by atoms with Crippen LogP contribution in [0.25, 0.3) is 11.4 Å². The van der Waals surface area contributed by atoms with Gasteiger partial charge < -0.3 is 10.8 Å². The van der Waals surface area contributed by atoms with Crippen LogP contribution in [0, 0.1) is 0 Å². The summed E-state index contributed by atoms with van der Waals surface area (Å²) in [7, 11) is 0. The fourth-order valence-electron chi connectivity index (χ4n) is 1.57. The van der Waals surface area contributed by atoms with Crippen molar-refractivity contribution in [3.8, 4) is 11.4 Å². The van der Waals surface area contributed by atoms with E-state index in [4.69, 9.17) is 10.8 Å². The minimum atomic E-state index is -0.822. The summed E-state index contributed by atoms with van der Waals surface area (Å²) in [5, 5.41) is 20.0. The third-order valence-electron chi connectivity index (χ3n) is 2.46. The highest BCUT2D eigenvalue weighted by atomic mass is 16.4. The molecule has 0 atom stereocenters. The summed E-state index contributed by atoms with van der Waals surface area (Å²) in [6, 6.07) is 7.20. The van der Waals surface area contributed by atoms with Gasteiger partial charge in [0.25, 0.3) is 0 Å². The normalized spacial score (nSPS) is 10.4. The van der Waals surface area contributed by atoms with Crippen molar-refractivity contribution in [2.75, 3.05) is 5.73 Å². The van der Waals surface area contributed by atoms with Crippen LogP contribution in [0.5, 0.6) is 0 Å². The molecular weight excluding hydrogens is 234 g/mol. The first-order valence-electron chi connectivity index (χ1n) is 5.50. The molecule has 1 aromatic heterocycles. The SMILES string of the molecule is Nc1ccc(-c2nnnn2CCCC(=O)O)cc1. The molecule has 3 N–H and O–H groups in total. The van der Waals surface area contributed by atoms with Crippen molar-refractivity contribution in [3.05, 3.63) is 24.3 Å². The first kappa shape index (κ1) is 12.0. The summed E-state index contributed by atoms with van der Waals surface area (Å²) in [6.45, 7) is 0.471. The van der Waals surface area contributed by atoms with Crippen molar-refractivity contribution < 1.29 is 9.90 Å². The molecule has 1 aromatic carbocycles. The van der Waals surface area contributed by atoms with Crippen molar-refractivity contribution in [2.24, 2.45) is 0 Å². The number of carboxylic acid groups (broad SMARTS) is 1. The van der Waals surface area contributed by atoms with E-state index < -0.39 is 5.97 Å². The molecule has 2 rings (SSSR count). The van der Waals surface area contributed by atoms with Crippen LogP contribution >= 0.6 is 0 Å². The molecule has 7 nitrogen and oxygen atoms in total. The zero-order chi connectivity index (χ0) is 13.0. The number of hydrogen-bond donors (Lipinski definition) is 2. The average molecular weight is 247 g/mol. The number of nitrogens with two attached hydrogens (primary N) is 1. The number of anilines is 1. The molecule has 0 aliphatic heterocycles. The van der Waals surface area contributed by atoms with Gasteiger partial charge >= 0.3 is 5.97 Å². The minimum Gasteiger partial charge on any atom is -0.481 e. The Kier molecular flexibility index (Phi) is 3.52. The maximum Gasteiger partial charge on any atom is 0.303 e. The predicted molar refractivity (Wildman–Crippen MR) is 64.5 cm³/mol. The largest absolute Gasteiger partial charge is 0.481 e. The second-order valence-electron chi connectivity index (χ2n) is 3.84. The van der Waals surface area contributed by atoms with Gasteiger partial charge in [0.15, 0.2) is 5.82 Å². The third kappa shape index (κ3) is 2.82. The van der Waals surface area contributed by atoms with E-state index in [2.05, 4.69) is 15.5 Å². The lowest BCUT2D eigenvalue weighted by Crippen LogP contribution is -2.05. The lowest BCUT2D eigenvalue weighted by Gasteiger charge is -2.03. The van der Waals surface area contributed by atoms with E-state index in [0.29, 0.717) is 24.5 Å². The van der Waals surface area contributed by atoms with Crippen molar-refractivity contribution in [2.45, 2.75) is 19.4 Å². The van der Waals surface area contributed by atoms with Gasteiger partial charge in [-0.05, 0) is 41.1 Å². The number of hydrogen-bond acceptors (Lipinski definition) is 5. The van der Waals surface area contributed by atoms with Gasteiger partial charge in [0.2, 0.25) is 0 Å². The fourth-order valence-corrected chi connectivity index (χ4v) is 1.57. The van der Waals surface area contributed by atoms with E-state index in [1.165, 1.54) is 0 Å². The molecule has 7 heteroatoms. The fraction of sp³-hybridized carbons (Fsp3) is 0.273. The van der Waals surface area contributed by atoms with Crippen LogP contribution in [0.4, 0.5) is 5.69 Å². The van der Waals surface area contributed by atoms with Crippen molar-refractivity contribution in [1.29, 1.82) is 0 Å². The molecule has 0 amide bonds. The Morgan fingerprint density at radius 3 is 2.72 bits per heavy atom. The van der Waals surface area contributed by atoms with E-state index in [9.17, 15) is 4.79 Å². The van der Waals surface area contributed by atoms with Crippen LogP contribution < -0.4 is 5.73 Å². The van der Waals surface area contributed by atoms with Crippen LogP contribution in [-0.4, -0.2) is 31.3 Å². The number of nitrogen functional groups attached to an aromatic ring is 1. The van der Waals surface area contributed by atoms with E-state index in [1.54, 1.807) is 16.8 Å². The molecule has 0 saturated carbocycles. The maximum atomic E-state index is 10.4. The molecule has 0 saturated heterocycles. The summed E-state index contributed by atoms with van der Waals surface area (Å²) in [4.78, 5) is 10.4. The number of tetrazole rings is 1. The van der Waals surface area contributed by atoms with Gasteiger partial charge in [0.1, 0.15) is 0 Å². The molecule has 18 heavy (non-hydrogen) atoms. The van der Waals surface area contributed by atoms with Gasteiger partial charge in [-0.2, -0.15) is 0 Å². The smallest absolute Gasteiger partial charge is 0.303 e. The Morgan fingerprint density at radius 1 is 1.33 bits per heavy atom. The number of aliphatic carboxylic acids is 1. The molecule has 0 aliphatic rings. The van der Waals surface area contributed by atoms with Gasteiger partial charge in [0.05, 0.1) is 0 Å². The summed E-state index contributed by atoms with van der Waals surface area (Å²) < 4.78 is 1.59. The molecule has 0 radical (unpaired) electrons. The van der Waals surface area contributed by atoms with Crippen LogP contribution in [-0.2, 0) is 11.3 Å². The first-order chi connectivity index (χ1) is 8.66. The van der Waals surface area contributed by atoms with Gasteiger partial charge in [0, 0.05) is 24.2 Å². The number of aryl methyl sites for hydroxylation is 1. The van der Waals surface area contributed by atoms with Crippen LogP contribution in [0.3, 0.4) is 0 Å². The highest BCUT2D eigenvalue weighted by molar-refractivity contribution is 5.66. The van der Waals surface area contributed by atoms with Crippen LogP contribution in [0.1, 0.15) is 12.8 Å². The maximum absolute atomic E-state index is 10.4. The lowest BCUT2D eigenvalue weighted by atomic mass is 10.2. The molecule has 1 heterocycles. The van der Waals surface area contributed by atoms with Crippen molar-refractivity contribution in [1.82, 2.24) is 20.2 Å². The lowest BCUT2D eigenvalue weighted by molar-refractivity contribution is -0.137. The van der Waals surface area contributed by atoms with E-state index in [1.807, 2.05) is 12.1 Å². The average Bonchev–Trinajstić information content (AvgIpc) is 2.78. The zero-order valence-corrected chi connectivity index (χ0v) is 9.65. The molecule has 0 bridgehead atoms. The quantitative estimate of drug-likeness (QED) is 0.756. The molecule has 0 aliphatic carbocycles. The minimum absolute atomic E-state index is 0.0983. The highest BCUT2D eigenvalue weighted by Gasteiger charge is 2.08. The summed E-state index contributed by atoms with van der Waals surface area (Å²) in [5.74, 6) is -0.211. The predicted octanol–water partition coefficient (Wildman–Crippen LogP) is 0.787. The van der Waals surface area contributed by atoms with E-state index in [-0.39, 0.29) is 6.42 Å². The van der Waals surface area contributed by atoms with Gasteiger partial charge in [-0.1, -0.05) is 0 Å². The second kappa shape index (κ2) is 5.26. The highest BCUT2D eigenvalue weighted by Crippen LogP contribution is 2.17. The standard InChI is InChI=1S/C11H13N5O2/c12-9-5-3-8(4-6-9)11-13-14-15-16(11)7-1-2-10(17)18/h3-6H,1-2,7,12H2,(H,17,18). The number of nitrogens with zero attached hydrogens (tertiary/aromatic N) is 4. The monoisotopic (exact) mass is 247 g/mol. The molecule has 0 unspecified atom stereocenters. The Labute approximate surface area is 103 Å². The topological polar surface area (TPSA) is 107 Å². The second-order valence-corrected chi connectivity index (χ2v) is 3.84. The van der Waals surface area contributed by atoms with Crippen molar-refractivity contribution >= 4 is 11.7 Å². The van der Waals surface area contributed by atoms with E-state index >= 15 is 0 Å². The van der Waals surface area contributed by atoms with Crippen molar-refractivity contribution in [3.63, 3.8) is 0 Å². The molecule has 0 fully saturated rings. The Morgan fingerprint density at radius 2 is 2.06 bits per heavy atom. The van der Waals surface area contributed by atoms with E-state index in [0.717, 1.165) is 5.56 Å². The molecule has 94 valence electrons. The molecule has 2 aromatic rings. The Hall–Kier alpha value is -2.44. The Balaban J connectivity index is 2.12. The van der Waals surface area contributed by atoms with Crippen LogP contribution in [0.15, 0.2) is 24.3 Å². The van der Waals surface area contributed by atoms with Gasteiger partial charge in [-0.3, -0.25) is 4.79 Å². The molecule has 0 spiro atoms.